The van der Waals surface area contributed by atoms with E-state index in [1.54, 1.807) is 18.5 Å². The van der Waals surface area contributed by atoms with E-state index in [1.807, 2.05) is 0 Å². The van der Waals surface area contributed by atoms with Gasteiger partial charge in [-0.25, -0.2) is 9.78 Å². The van der Waals surface area contributed by atoms with Crippen LogP contribution in [-0.4, -0.2) is 23.0 Å². The molecule has 2 aromatic rings. The van der Waals surface area contributed by atoms with Gasteiger partial charge >= 0.3 is 5.97 Å². The van der Waals surface area contributed by atoms with Crippen LogP contribution in [0.25, 0.3) is 10.2 Å². The van der Waals surface area contributed by atoms with E-state index in [0.29, 0.717) is 5.01 Å². The smallest absolute Gasteiger partial charge is 0.367 e. The molecule has 0 aliphatic rings. The summed E-state index contributed by atoms with van der Waals surface area (Å²) in [6, 6.07) is 1.76. The number of hydrogen-bond donors (Lipinski definition) is 0. The second-order valence-corrected chi connectivity index (χ2v) is 3.38. The molecule has 0 bridgehead atoms. The lowest BCUT2D eigenvalue weighted by molar-refractivity contribution is 0.0600. The normalized spacial score (nSPS) is 10.2. The molecule has 5 heteroatoms. The van der Waals surface area contributed by atoms with E-state index in [2.05, 4.69) is 14.7 Å². The quantitative estimate of drug-likeness (QED) is 0.645. The van der Waals surface area contributed by atoms with Gasteiger partial charge in [-0.1, -0.05) is 0 Å². The minimum Gasteiger partial charge on any atom is -0.464 e. The number of carbonyl (C=O) groups is 1. The first kappa shape index (κ1) is 8.12. The van der Waals surface area contributed by atoms with Crippen LogP contribution in [0.3, 0.4) is 0 Å². The lowest BCUT2D eigenvalue weighted by atomic mass is 10.4. The molecule has 0 atom stereocenters. The average molecular weight is 194 g/mol. The Morgan fingerprint density at radius 1 is 1.62 bits per heavy atom. The molecule has 0 amide bonds. The summed E-state index contributed by atoms with van der Waals surface area (Å²) in [5, 5.41) is 0.366. The molecule has 13 heavy (non-hydrogen) atoms. The SMILES string of the molecule is COC(=O)c1nc2ccncc2s1. The van der Waals surface area contributed by atoms with Gasteiger partial charge in [-0.2, -0.15) is 0 Å². The van der Waals surface area contributed by atoms with Crippen molar-refractivity contribution in [2.24, 2.45) is 0 Å². The van der Waals surface area contributed by atoms with Crippen LogP contribution in [-0.2, 0) is 4.74 Å². The Bertz CT molecular complexity index is 419. The van der Waals surface area contributed by atoms with Gasteiger partial charge in [-0.3, -0.25) is 4.98 Å². The Kier molecular flexibility index (Phi) is 1.94. The van der Waals surface area contributed by atoms with E-state index < -0.39 is 5.97 Å². The van der Waals surface area contributed by atoms with Crippen LogP contribution < -0.4 is 0 Å². The fourth-order valence-corrected chi connectivity index (χ4v) is 1.81. The van der Waals surface area contributed by atoms with Crippen molar-refractivity contribution in [3.8, 4) is 0 Å². The molecule has 0 aromatic carbocycles. The lowest BCUT2D eigenvalue weighted by Gasteiger charge is -1.89. The van der Waals surface area contributed by atoms with Gasteiger partial charge < -0.3 is 4.74 Å². The number of esters is 1. The zero-order valence-electron chi connectivity index (χ0n) is 6.85. The maximum atomic E-state index is 11.1. The van der Waals surface area contributed by atoms with Crippen LogP contribution in [0, 0.1) is 0 Å². The van der Waals surface area contributed by atoms with Gasteiger partial charge in [0, 0.05) is 12.4 Å². The average Bonchev–Trinajstić information content (AvgIpc) is 2.59. The Hall–Kier alpha value is -1.49. The number of pyridine rings is 1. The van der Waals surface area contributed by atoms with E-state index >= 15 is 0 Å². The topological polar surface area (TPSA) is 52.1 Å². The molecule has 2 heterocycles. The number of nitrogens with zero attached hydrogens (tertiary/aromatic N) is 2. The van der Waals surface area contributed by atoms with Crippen molar-refractivity contribution in [2.45, 2.75) is 0 Å². The molecule has 0 unspecified atom stereocenters. The minimum absolute atomic E-state index is 0.366. The number of rotatable bonds is 1. The Morgan fingerprint density at radius 2 is 2.46 bits per heavy atom. The highest BCUT2D eigenvalue weighted by Crippen LogP contribution is 2.20. The highest BCUT2D eigenvalue weighted by atomic mass is 32.1. The van der Waals surface area contributed by atoms with Crippen molar-refractivity contribution in [2.75, 3.05) is 7.11 Å². The molecule has 0 saturated carbocycles. The maximum absolute atomic E-state index is 11.1. The number of carbonyl (C=O) groups excluding carboxylic acids is 1. The van der Waals surface area contributed by atoms with Crippen molar-refractivity contribution in [3.05, 3.63) is 23.5 Å². The molecule has 2 aromatic heterocycles. The predicted molar refractivity (Wildman–Crippen MR) is 48.8 cm³/mol. The summed E-state index contributed by atoms with van der Waals surface area (Å²) in [7, 11) is 1.34. The fourth-order valence-electron chi connectivity index (χ4n) is 0.955. The first-order valence-corrected chi connectivity index (χ1v) is 4.42. The Balaban J connectivity index is 2.56. The van der Waals surface area contributed by atoms with E-state index in [0.717, 1.165) is 10.2 Å². The molecular weight excluding hydrogens is 188 g/mol. The van der Waals surface area contributed by atoms with Crippen LogP contribution >= 0.6 is 11.3 Å². The predicted octanol–water partition coefficient (Wildman–Crippen LogP) is 1.48. The van der Waals surface area contributed by atoms with Crippen molar-refractivity contribution >= 4 is 27.5 Å². The Labute approximate surface area is 78.2 Å². The zero-order valence-corrected chi connectivity index (χ0v) is 7.67. The third-order valence-electron chi connectivity index (χ3n) is 1.55. The van der Waals surface area contributed by atoms with Gasteiger partial charge in [0.05, 0.1) is 17.3 Å². The van der Waals surface area contributed by atoms with Gasteiger partial charge in [0.15, 0.2) is 0 Å². The molecule has 0 aliphatic heterocycles. The standard InChI is InChI=1S/C8H6N2O2S/c1-12-8(11)7-10-5-2-3-9-4-6(5)13-7/h2-4H,1H3. The molecule has 4 nitrogen and oxygen atoms in total. The van der Waals surface area contributed by atoms with Gasteiger partial charge in [0.2, 0.25) is 5.01 Å². The van der Waals surface area contributed by atoms with E-state index in [4.69, 9.17) is 0 Å². The van der Waals surface area contributed by atoms with Gasteiger partial charge in [0.1, 0.15) is 0 Å². The van der Waals surface area contributed by atoms with Crippen molar-refractivity contribution in [3.63, 3.8) is 0 Å². The molecular formula is C8H6N2O2S. The third-order valence-corrected chi connectivity index (χ3v) is 2.54. The molecule has 0 N–H and O–H groups in total. The highest BCUT2D eigenvalue weighted by molar-refractivity contribution is 7.20. The minimum atomic E-state index is -0.402. The molecule has 2 rings (SSSR count). The van der Waals surface area contributed by atoms with Crippen LogP contribution in [0.15, 0.2) is 18.5 Å². The highest BCUT2D eigenvalue weighted by Gasteiger charge is 2.11. The first-order valence-electron chi connectivity index (χ1n) is 3.60. The van der Waals surface area contributed by atoms with Crippen molar-refractivity contribution < 1.29 is 9.53 Å². The molecule has 66 valence electrons. The van der Waals surface area contributed by atoms with Gasteiger partial charge in [-0.15, -0.1) is 11.3 Å². The summed E-state index contributed by atoms with van der Waals surface area (Å²) in [4.78, 5) is 19.1. The summed E-state index contributed by atoms with van der Waals surface area (Å²) in [5.74, 6) is -0.402. The van der Waals surface area contributed by atoms with E-state index in [1.165, 1.54) is 18.4 Å². The van der Waals surface area contributed by atoms with Gasteiger partial charge in [-0.05, 0) is 6.07 Å². The Morgan fingerprint density at radius 3 is 3.15 bits per heavy atom. The van der Waals surface area contributed by atoms with Crippen molar-refractivity contribution in [1.82, 2.24) is 9.97 Å². The number of hydrogen-bond acceptors (Lipinski definition) is 5. The monoisotopic (exact) mass is 194 g/mol. The summed E-state index contributed by atoms with van der Waals surface area (Å²) in [5.41, 5.74) is 0.778. The zero-order chi connectivity index (χ0) is 9.26. The summed E-state index contributed by atoms with van der Waals surface area (Å²) in [6.45, 7) is 0. The number of methoxy groups -OCH3 is 1. The first-order chi connectivity index (χ1) is 6.31. The van der Waals surface area contributed by atoms with Gasteiger partial charge in [0.25, 0.3) is 0 Å². The molecule has 0 radical (unpaired) electrons. The second-order valence-electron chi connectivity index (χ2n) is 2.35. The number of ether oxygens (including phenoxy) is 1. The second kappa shape index (κ2) is 3.10. The summed E-state index contributed by atoms with van der Waals surface area (Å²) >= 11 is 1.28. The molecule has 0 aliphatic carbocycles. The number of aromatic nitrogens is 2. The number of fused-ring (bicyclic) bond motifs is 1. The summed E-state index contributed by atoms with van der Waals surface area (Å²) < 4.78 is 5.45. The molecule has 0 fully saturated rings. The summed E-state index contributed by atoms with van der Waals surface area (Å²) in [6.07, 6.45) is 3.32. The van der Waals surface area contributed by atoms with Crippen LogP contribution in [0.2, 0.25) is 0 Å². The van der Waals surface area contributed by atoms with E-state index in [9.17, 15) is 4.79 Å². The van der Waals surface area contributed by atoms with Crippen LogP contribution in [0.4, 0.5) is 0 Å². The van der Waals surface area contributed by atoms with Crippen LogP contribution in [0.1, 0.15) is 9.80 Å². The van der Waals surface area contributed by atoms with E-state index in [-0.39, 0.29) is 0 Å². The molecule has 0 saturated heterocycles. The largest absolute Gasteiger partial charge is 0.464 e. The lowest BCUT2D eigenvalue weighted by Crippen LogP contribution is -1.99. The van der Waals surface area contributed by atoms with Crippen LogP contribution in [0.5, 0.6) is 0 Å². The molecule has 0 spiro atoms. The maximum Gasteiger partial charge on any atom is 0.367 e. The van der Waals surface area contributed by atoms with Crippen molar-refractivity contribution in [1.29, 1.82) is 0 Å². The third kappa shape index (κ3) is 1.38. The number of thiazole rings is 1. The fraction of sp³-hybridized carbons (Fsp3) is 0.125.